The molecule has 1 aliphatic heterocycles. The van der Waals surface area contributed by atoms with Crippen molar-refractivity contribution in [1.29, 1.82) is 0 Å². The van der Waals surface area contributed by atoms with E-state index < -0.39 is 10.0 Å². The molecule has 1 aliphatic rings. The zero-order valence-electron chi connectivity index (χ0n) is 13.1. The first kappa shape index (κ1) is 14.5. The number of benzene rings is 1. The van der Waals surface area contributed by atoms with E-state index in [1.54, 1.807) is 26.1 Å². The average Bonchev–Trinajstić information content (AvgIpc) is 2.97. The van der Waals surface area contributed by atoms with Gasteiger partial charge in [0.25, 0.3) is 10.0 Å². The van der Waals surface area contributed by atoms with Crippen molar-refractivity contribution in [2.75, 3.05) is 6.54 Å². The molecule has 0 aliphatic carbocycles. The molecule has 0 unspecified atom stereocenters. The summed E-state index contributed by atoms with van der Waals surface area (Å²) in [5.74, 6) is 1.03. The molecule has 23 heavy (non-hydrogen) atoms. The van der Waals surface area contributed by atoms with E-state index in [1.807, 2.05) is 18.2 Å². The number of hydrogen-bond donors (Lipinski definition) is 1. The van der Waals surface area contributed by atoms with Gasteiger partial charge >= 0.3 is 0 Å². The van der Waals surface area contributed by atoms with Crippen molar-refractivity contribution < 1.29 is 12.8 Å². The highest BCUT2D eigenvalue weighted by atomic mass is 32.2. The molecule has 0 atom stereocenters. The number of nitrogens with zero attached hydrogens (tertiary/aromatic N) is 1. The summed E-state index contributed by atoms with van der Waals surface area (Å²) in [5, 5.41) is 4.42. The van der Waals surface area contributed by atoms with Crippen molar-refractivity contribution in [3.63, 3.8) is 0 Å². The largest absolute Gasteiger partial charge is 0.465 e. The maximum atomic E-state index is 13.1. The van der Waals surface area contributed by atoms with Gasteiger partial charge in [0.05, 0.1) is 5.52 Å². The smallest absolute Gasteiger partial charge is 0.271 e. The standard InChI is InChI=1S/C17H18N2O3S/c1-11-8-16(12(2)22-11)23(20,21)19-10-14-6-7-18-9-13-4-3-5-15(19)17(13)14/h3-5,8,10,18H,6-7,9H2,1-2H3. The van der Waals surface area contributed by atoms with Gasteiger partial charge in [-0.3, -0.25) is 0 Å². The maximum absolute atomic E-state index is 13.1. The van der Waals surface area contributed by atoms with Crippen LogP contribution in [0.4, 0.5) is 0 Å². The molecule has 3 aromatic rings. The molecule has 1 aromatic carbocycles. The van der Waals surface area contributed by atoms with Crippen LogP contribution in [0.5, 0.6) is 0 Å². The van der Waals surface area contributed by atoms with Crippen molar-refractivity contribution in [3.8, 4) is 0 Å². The van der Waals surface area contributed by atoms with Gasteiger partial charge in [0.1, 0.15) is 16.4 Å². The predicted molar refractivity (Wildman–Crippen MR) is 88.1 cm³/mol. The Morgan fingerprint density at radius 1 is 1.22 bits per heavy atom. The Balaban J connectivity index is 2.02. The highest BCUT2D eigenvalue weighted by Crippen LogP contribution is 2.31. The minimum absolute atomic E-state index is 0.235. The van der Waals surface area contributed by atoms with Gasteiger partial charge in [-0.1, -0.05) is 12.1 Å². The number of furan rings is 1. The zero-order valence-corrected chi connectivity index (χ0v) is 13.9. The topological polar surface area (TPSA) is 64.2 Å². The van der Waals surface area contributed by atoms with E-state index in [0.29, 0.717) is 11.5 Å². The van der Waals surface area contributed by atoms with Gasteiger partial charge in [-0.05, 0) is 44.0 Å². The first-order valence-electron chi connectivity index (χ1n) is 7.63. The molecule has 0 bridgehead atoms. The molecule has 3 heterocycles. The first-order chi connectivity index (χ1) is 11.0. The number of rotatable bonds is 2. The lowest BCUT2D eigenvalue weighted by molar-refractivity contribution is 0.496. The Kier molecular flexibility index (Phi) is 3.14. The summed E-state index contributed by atoms with van der Waals surface area (Å²) in [7, 11) is -3.66. The van der Waals surface area contributed by atoms with E-state index in [9.17, 15) is 8.42 Å². The van der Waals surface area contributed by atoms with Gasteiger partial charge in [-0.25, -0.2) is 12.4 Å². The third-order valence-corrected chi connectivity index (χ3v) is 6.16. The van der Waals surface area contributed by atoms with Gasteiger partial charge in [0.2, 0.25) is 0 Å². The molecular weight excluding hydrogens is 312 g/mol. The van der Waals surface area contributed by atoms with E-state index in [0.717, 1.165) is 41.5 Å². The molecule has 0 saturated carbocycles. The van der Waals surface area contributed by atoms with Crippen LogP contribution >= 0.6 is 0 Å². The molecule has 0 fully saturated rings. The molecular formula is C17H18N2O3S. The van der Waals surface area contributed by atoms with Gasteiger partial charge in [-0.2, -0.15) is 0 Å². The second-order valence-corrected chi connectivity index (χ2v) is 7.75. The van der Waals surface area contributed by atoms with Gasteiger partial charge < -0.3 is 9.73 Å². The van der Waals surface area contributed by atoms with Crippen molar-refractivity contribution in [3.05, 3.63) is 53.1 Å². The third-order valence-electron chi connectivity index (χ3n) is 4.38. The monoisotopic (exact) mass is 330 g/mol. The SMILES string of the molecule is Cc1cc(S(=O)(=O)n2cc3c4c(cccc42)CNCC3)c(C)o1. The Hall–Kier alpha value is -2.05. The van der Waals surface area contributed by atoms with Crippen LogP contribution in [-0.4, -0.2) is 18.9 Å². The van der Waals surface area contributed by atoms with Gasteiger partial charge in [0.15, 0.2) is 0 Å². The Labute approximate surface area is 135 Å². The van der Waals surface area contributed by atoms with E-state index in [2.05, 4.69) is 5.32 Å². The minimum Gasteiger partial charge on any atom is -0.465 e. The first-order valence-corrected chi connectivity index (χ1v) is 9.07. The van der Waals surface area contributed by atoms with Crippen molar-refractivity contribution in [2.45, 2.75) is 31.7 Å². The summed E-state index contributed by atoms with van der Waals surface area (Å²) in [6.45, 7) is 5.05. The Morgan fingerprint density at radius 2 is 2.04 bits per heavy atom. The van der Waals surface area contributed by atoms with Crippen LogP contribution in [0.15, 0.2) is 39.8 Å². The molecule has 2 aromatic heterocycles. The lowest BCUT2D eigenvalue weighted by atomic mass is 10.1. The molecule has 4 rings (SSSR count). The lowest BCUT2D eigenvalue weighted by Crippen LogP contribution is -2.15. The molecule has 5 nitrogen and oxygen atoms in total. The van der Waals surface area contributed by atoms with Crippen molar-refractivity contribution in [1.82, 2.24) is 9.29 Å². The highest BCUT2D eigenvalue weighted by Gasteiger charge is 2.26. The van der Waals surface area contributed by atoms with Crippen LogP contribution in [0.2, 0.25) is 0 Å². The summed E-state index contributed by atoms with van der Waals surface area (Å²) in [6.07, 6.45) is 2.58. The normalized spacial score (nSPS) is 15.0. The second-order valence-electron chi connectivity index (χ2n) is 5.97. The number of hydrogen-bond acceptors (Lipinski definition) is 4. The molecule has 6 heteroatoms. The fourth-order valence-electron chi connectivity index (χ4n) is 3.37. The summed E-state index contributed by atoms with van der Waals surface area (Å²) < 4.78 is 33.1. The van der Waals surface area contributed by atoms with Crippen LogP contribution in [-0.2, 0) is 23.0 Å². The zero-order chi connectivity index (χ0) is 16.2. The fraction of sp³-hybridized carbons (Fsp3) is 0.294. The van der Waals surface area contributed by atoms with E-state index in [4.69, 9.17) is 4.42 Å². The number of nitrogens with one attached hydrogen (secondary N) is 1. The Morgan fingerprint density at radius 3 is 2.78 bits per heavy atom. The van der Waals surface area contributed by atoms with Gasteiger partial charge in [0, 0.05) is 24.2 Å². The summed E-state index contributed by atoms with van der Waals surface area (Å²) in [6, 6.07) is 7.42. The lowest BCUT2D eigenvalue weighted by Gasteiger charge is -2.08. The highest BCUT2D eigenvalue weighted by molar-refractivity contribution is 7.90. The van der Waals surface area contributed by atoms with Crippen LogP contribution < -0.4 is 5.32 Å². The van der Waals surface area contributed by atoms with Crippen molar-refractivity contribution >= 4 is 20.9 Å². The fourth-order valence-corrected chi connectivity index (χ4v) is 4.98. The maximum Gasteiger partial charge on any atom is 0.271 e. The number of aryl methyl sites for hydroxylation is 2. The minimum atomic E-state index is -3.66. The summed E-state index contributed by atoms with van der Waals surface area (Å²) in [5.41, 5.74) is 2.95. The van der Waals surface area contributed by atoms with E-state index in [-0.39, 0.29) is 4.90 Å². The quantitative estimate of drug-likeness (QED) is 0.785. The van der Waals surface area contributed by atoms with E-state index in [1.165, 1.54) is 3.97 Å². The summed E-state index contributed by atoms with van der Waals surface area (Å²) >= 11 is 0. The second kappa shape index (κ2) is 4.97. The van der Waals surface area contributed by atoms with Crippen LogP contribution in [0.3, 0.4) is 0 Å². The Bertz CT molecular complexity index is 1010. The van der Waals surface area contributed by atoms with Crippen LogP contribution in [0.25, 0.3) is 10.9 Å². The van der Waals surface area contributed by atoms with Crippen molar-refractivity contribution in [2.24, 2.45) is 0 Å². The van der Waals surface area contributed by atoms with E-state index >= 15 is 0 Å². The molecule has 0 amide bonds. The number of aromatic nitrogens is 1. The summed E-state index contributed by atoms with van der Waals surface area (Å²) in [4.78, 5) is 0.235. The van der Waals surface area contributed by atoms with Gasteiger partial charge in [-0.15, -0.1) is 0 Å². The van der Waals surface area contributed by atoms with Crippen LogP contribution in [0.1, 0.15) is 22.6 Å². The molecule has 120 valence electrons. The average molecular weight is 330 g/mol. The van der Waals surface area contributed by atoms with Crippen LogP contribution in [0, 0.1) is 13.8 Å². The molecule has 0 radical (unpaired) electrons. The molecule has 0 saturated heterocycles. The predicted octanol–water partition coefficient (Wildman–Crippen LogP) is 2.73. The molecule has 1 N–H and O–H groups in total. The third kappa shape index (κ3) is 2.13. The molecule has 0 spiro atoms.